The van der Waals surface area contributed by atoms with Gasteiger partial charge < -0.3 is 14.6 Å². The molecule has 1 aromatic heterocycles. The van der Waals surface area contributed by atoms with Crippen LogP contribution in [0.25, 0.3) is 10.9 Å². The van der Waals surface area contributed by atoms with E-state index in [0.29, 0.717) is 0 Å². The molecule has 0 spiro atoms. The molecule has 2 aromatic rings. The molecule has 2 heterocycles. The second-order valence-corrected chi connectivity index (χ2v) is 7.68. The summed E-state index contributed by atoms with van der Waals surface area (Å²) in [6, 6.07) is 8.68. The van der Waals surface area contributed by atoms with Gasteiger partial charge in [-0.3, -0.25) is 0 Å². The van der Waals surface area contributed by atoms with Crippen LogP contribution in [0.2, 0.25) is 0 Å². The maximum atomic E-state index is 11.0. The predicted octanol–water partition coefficient (Wildman–Crippen LogP) is 3.70. The summed E-state index contributed by atoms with van der Waals surface area (Å²) in [4.78, 5) is 2.45. The first-order chi connectivity index (χ1) is 11.2. The maximum absolute atomic E-state index is 11.0. The minimum absolute atomic E-state index is 0.632. The second-order valence-electron chi connectivity index (χ2n) is 6.45. The molecule has 1 saturated heterocycles. The van der Waals surface area contributed by atoms with Crippen LogP contribution in [0.1, 0.15) is 32.3 Å². The summed E-state index contributed by atoms with van der Waals surface area (Å²) in [6.07, 6.45) is 3.91. The third-order valence-electron chi connectivity index (χ3n) is 5.18. The fourth-order valence-corrected chi connectivity index (χ4v) is 4.62. The van der Waals surface area contributed by atoms with Gasteiger partial charge in [-0.1, -0.05) is 26.0 Å². The minimum Gasteiger partial charge on any atom is -0.385 e. The first kappa shape index (κ1) is 16.9. The van der Waals surface area contributed by atoms with E-state index in [9.17, 15) is 5.11 Å². The fraction of sp³-hybridized carbons (Fsp3) is 0.579. The monoisotopic (exact) mass is 332 g/mol. The van der Waals surface area contributed by atoms with Crippen molar-refractivity contribution in [3.8, 4) is 0 Å². The summed E-state index contributed by atoms with van der Waals surface area (Å²) in [5.74, 6) is 2.11. The van der Waals surface area contributed by atoms with Crippen LogP contribution < -0.4 is 0 Å². The third kappa shape index (κ3) is 3.59. The van der Waals surface area contributed by atoms with Crippen LogP contribution in [0.4, 0.5) is 0 Å². The zero-order valence-corrected chi connectivity index (χ0v) is 15.1. The summed E-state index contributed by atoms with van der Waals surface area (Å²) in [5.41, 5.74) is 1.71. The zero-order valence-electron chi connectivity index (χ0n) is 14.3. The molecular formula is C19H28N2OS. The van der Waals surface area contributed by atoms with Crippen LogP contribution in [0, 0.1) is 0 Å². The number of nitrogens with zero attached hydrogens (tertiary/aromatic N) is 2. The van der Waals surface area contributed by atoms with Crippen molar-refractivity contribution in [1.29, 1.82) is 0 Å². The molecule has 0 saturated carbocycles. The number of rotatable bonds is 6. The second kappa shape index (κ2) is 7.29. The average molecular weight is 333 g/mol. The van der Waals surface area contributed by atoms with E-state index in [0.717, 1.165) is 56.1 Å². The first-order valence-electron chi connectivity index (χ1n) is 8.78. The number of benzene rings is 1. The standard InChI is InChI=1S/C19H28N2OS/c1-3-20(4-2)11-12-21-10-7-16-5-6-17(15-18(16)21)19(22)8-13-23-14-9-19/h5-7,10,15,22H,3-4,8-9,11-14H2,1-2H3. The lowest BCUT2D eigenvalue weighted by atomic mass is 9.88. The van der Waals surface area contributed by atoms with Gasteiger partial charge in [-0.25, -0.2) is 0 Å². The average Bonchev–Trinajstić information content (AvgIpc) is 2.99. The van der Waals surface area contributed by atoms with Crippen molar-refractivity contribution in [1.82, 2.24) is 9.47 Å². The molecule has 3 nitrogen and oxygen atoms in total. The number of fused-ring (bicyclic) bond motifs is 1. The first-order valence-corrected chi connectivity index (χ1v) is 9.93. The largest absolute Gasteiger partial charge is 0.385 e. The molecule has 126 valence electrons. The highest BCUT2D eigenvalue weighted by Gasteiger charge is 2.31. The SMILES string of the molecule is CCN(CC)CCn1ccc2ccc(C3(O)CCSCC3)cc21. The van der Waals surface area contributed by atoms with E-state index >= 15 is 0 Å². The number of likely N-dealkylation sites (N-methyl/N-ethyl adjacent to an activating group) is 1. The summed E-state index contributed by atoms with van der Waals surface area (Å²) >= 11 is 1.95. The van der Waals surface area contributed by atoms with E-state index in [1.54, 1.807) is 0 Å². The molecule has 1 fully saturated rings. The quantitative estimate of drug-likeness (QED) is 0.874. The Hall–Kier alpha value is -0.970. The lowest BCUT2D eigenvalue weighted by Crippen LogP contribution is -2.30. The van der Waals surface area contributed by atoms with E-state index in [4.69, 9.17) is 0 Å². The summed E-state index contributed by atoms with van der Waals surface area (Å²) in [6.45, 7) is 8.69. The van der Waals surface area contributed by atoms with Crippen LogP contribution in [0.5, 0.6) is 0 Å². The number of aromatic nitrogens is 1. The number of thioether (sulfide) groups is 1. The number of hydrogen-bond acceptors (Lipinski definition) is 3. The normalized spacial score (nSPS) is 17.9. The molecule has 0 radical (unpaired) electrons. The van der Waals surface area contributed by atoms with E-state index < -0.39 is 5.60 Å². The van der Waals surface area contributed by atoms with Crippen molar-refractivity contribution >= 4 is 22.7 Å². The summed E-state index contributed by atoms with van der Waals surface area (Å²) in [5, 5.41) is 12.3. The molecule has 3 rings (SSSR count). The van der Waals surface area contributed by atoms with Gasteiger partial charge in [-0.2, -0.15) is 11.8 Å². The Morgan fingerprint density at radius 3 is 2.61 bits per heavy atom. The van der Waals surface area contributed by atoms with Crippen LogP contribution in [-0.2, 0) is 12.1 Å². The predicted molar refractivity (Wildman–Crippen MR) is 100 cm³/mol. The van der Waals surface area contributed by atoms with Crippen molar-refractivity contribution < 1.29 is 5.11 Å². The molecular weight excluding hydrogens is 304 g/mol. The topological polar surface area (TPSA) is 28.4 Å². The van der Waals surface area contributed by atoms with Gasteiger partial charge >= 0.3 is 0 Å². The molecule has 0 amide bonds. The highest BCUT2D eigenvalue weighted by Crippen LogP contribution is 2.37. The Morgan fingerprint density at radius 1 is 1.17 bits per heavy atom. The summed E-state index contributed by atoms with van der Waals surface area (Å²) in [7, 11) is 0. The summed E-state index contributed by atoms with van der Waals surface area (Å²) < 4.78 is 2.33. The van der Waals surface area contributed by atoms with Gasteiger partial charge in [-0.05, 0) is 60.5 Å². The van der Waals surface area contributed by atoms with Crippen molar-refractivity contribution in [2.45, 2.75) is 38.8 Å². The van der Waals surface area contributed by atoms with E-state index in [1.807, 2.05) is 11.8 Å². The smallest absolute Gasteiger partial charge is 0.0913 e. The Labute approximate surface area is 143 Å². The minimum atomic E-state index is -0.632. The molecule has 0 aliphatic carbocycles. The van der Waals surface area contributed by atoms with Gasteiger partial charge in [0.05, 0.1) is 5.60 Å². The van der Waals surface area contributed by atoms with Gasteiger partial charge in [0, 0.05) is 24.8 Å². The molecule has 0 atom stereocenters. The van der Waals surface area contributed by atoms with Crippen LogP contribution in [0.15, 0.2) is 30.5 Å². The van der Waals surface area contributed by atoms with Gasteiger partial charge in [0.2, 0.25) is 0 Å². The van der Waals surface area contributed by atoms with Gasteiger partial charge in [0.25, 0.3) is 0 Å². The van der Waals surface area contributed by atoms with Crippen molar-refractivity contribution in [2.24, 2.45) is 0 Å². The molecule has 4 heteroatoms. The molecule has 1 aliphatic rings. The zero-order chi connectivity index (χ0) is 16.3. The highest BCUT2D eigenvalue weighted by atomic mass is 32.2. The highest BCUT2D eigenvalue weighted by molar-refractivity contribution is 7.99. The van der Waals surface area contributed by atoms with Crippen molar-refractivity contribution in [3.05, 3.63) is 36.0 Å². The maximum Gasteiger partial charge on any atom is 0.0913 e. The molecule has 1 aromatic carbocycles. The van der Waals surface area contributed by atoms with E-state index in [2.05, 4.69) is 53.8 Å². The van der Waals surface area contributed by atoms with E-state index in [1.165, 1.54) is 10.9 Å². The van der Waals surface area contributed by atoms with Crippen LogP contribution >= 0.6 is 11.8 Å². The lowest BCUT2D eigenvalue weighted by molar-refractivity contribution is 0.0282. The Morgan fingerprint density at radius 2 is 1.91 bits per heavy atom. The third-order valence-corrected chi connectivity index (χ3v) is 6.17. The van der Waals surface area contributed by atoms with Crippen molar-refractivity contribution in [2.75, 3.05) is 31.1 Å². The Bertz CT molecular complexity index is 642. The number of aliphatic hydroxyl groups is 1. The van der Waals surface area contributed by atoms with Gasteiger partial charge in [0.1, 0.15) is 0 Å². The molecule has 1 N–H and O–H groups in total. The lowest BCUT2D eigenvalue weighted by Gasteiger charge is -2.32. The Balaban J connectivity index is 1.85. The van der Waals surface area contributed by atoms with E-state index in [-0.39, 0.29) is 0 Å². The molecule has 23 heavy (non-hydrogen) atoms. The molecule has 1 aliphatic heterocycles. The molecule has 0 unspecified atom stereocenters. The fourth-order valence-electron chi connectivity index (χ4n) is 3.46. The van der Waals surface area contributed by atoms with Gasteiger partial charge in [-0.15, -0.1) is 0 Å². The number of hydrogen-bond donors (Lipinski definition) is 1. The Kier molecular flexibility index (Phi) is 5.34. The van der Waals surface area contributed by atoms with Crippen LogP contribution in [0.3, 0.4) is 0 Å². The van der Waals surface area contributed by atoms with Crippen LogP contribution in [-0.4, -0.2) is 45.7 Å². The molecule has 0 bridgehead atoms. The van der Waals surface area contributed by atoms with Gasteiger partial charge in [0.15, 0.2) is 0 Å². The van der Waals surface area contributed by atoms with Crippen molar-refractivity contribution in [3.63, 3.8) is 0 Å².